The van der Waals surface area contributed by atoms with Gasteiger partial charge in [0.25, 0.3) is 5.91 Å². The highest BCUT2D eigenvalue weighted by molar-refractivity contribution is 5.97. The first-order valence-electron chi connectivity index (χ1n) is 8.70. The molecule has 0 saturated heterocycles. The Kier molecular flexibility index (Phi) is 6.67. The van der Waals surface area contributed by atoms with E-state index in [0.29, 0.717) is 17.4 Å². The highest BCUT2D eigenvalue weighted by atomic mass is 16.6. The molecule has 0 aromatic heterocycles. The van der Waals surface area contributed by atoms with E-state index in [1.807, 2.05) is 0 Å². The Morgan fingerprint density at radius 1 is 1.12 bits per heavy atom. The summed E-state index contributed by atoms with van der Waals surface area (Å²) in [6.45, 7) is 3.71. The lowest BCUT2D eigenvalue weighted by Crippen LogP contribution is -2.46. The third-order valence-electron chi connectivity index (χ3n) is 4.72. The van der Waals surface area contributed by atoms with E-state index in [4.69, 9.17) is 14.2 Å². The molecule has 2 rings (SSSR count). The highest BCUT2D eigenvalue weighted by Gasteiger charge is 2.28. The van der Waals surface area contributed by atoms with Gasteiger partial charge >= 0.3 is 5.97 Å². The van der Waals surface area contributed by atoms with Crippen molar-refractivity contribution in [2.45, 2.75) is 51.7 Å². The average Bonchev–Trinajstić information content (AvgIpc) is 2.62. The molecule has 1 aromatic carbocycles. The van der Waals surface area contributed by atoms with Gasteiger partial charge in [-0.15, -0.1) is 0 Å². The molecular formula is C19H27NO5. The van der Waals surface area contributed by atoms with Gasteiger partial charge in [0.2, 0.25) is 0 Å². The van der Waals surface area contributed by atoms with Gasteiger partial charge in [-0.1, -0.05) is 25.8 Å². The molecule has 6 heteroatoms. The lowest BCUT2D eigenvalue weighted by Gasteiger charge is -2.30. The lowest BCUT2D eigenvalue weighted by atomic mass is 9.86. The predicted molar refractivity (Wildman–Crippen MR) is 94.0 cm³/mol. The number of benzene rings is 1. The van der Waals surface area contributed by atoms with Crippen LogP contribution >= 0.6 is 0 Å². The summed E-state index contributed by atoms with van der Waals surface area (Å²) < 4.78 is 15.8. The molecule has 0 heterocycles. The summed E-state index contributed by atoms with van der Waals surface area (Å²) in [6, 6.07) is 5.15. The van der Waals surface area contributed by atoms with Gasteiger partial charge in [-0.25, -0.2) is 4.79 Å². The number of carbonyl (C=O) groups excluding carboxylic acids is 2. The summed E-state index contributed by atoms with van der Waals surface area (Å²) in [6.07, 6.45) is 3.50. The van der Waals surface area contributed by atoms with Crippen molar-refractivity contribution in [3.05, 3.63) is 23.8 Å². The fourth-order valence-electron chi connectivity index (χ4n) is 3.16. The van der Waals surface area contributed by atoms with Gasteiger partial charge in [0, 0.05) is 6.04 Å². The van der Waals surface area contributed by atoms with Gasteiger partial charge in [-0.2, -0.15) is 0 Å². The Labute approximate surface area is 148 Å². The Morgan fingerprint density at radius 2 is 1.72 bits per heavy atom. The SMILES string of the molecule is COc1cccc(OC)c1C(=O)O[C@H](C)C(=O)N[C@@H]1CCCC[C@@H]1C. The molecule has 1 aromatic rings. The molecule has 1 fully saturated rings. The molecule has 6 nitrogen and oxygen atoms in total. The van der Waals surface area contributed by atoms with Gasteiger partial charge in [0.1, 0.15) is 17.1 Å². The maximum Gasteiger partial charge on any atom is 0.346 e. The number of nitrogens with one attached hydrogen (secondary N) is 1. The Balaban J connectivity index is 2.03. The van der Waals surface area contributed by atoms with Gasteiger partial charge in [-0.3, -0.25) is 4.79 Å². The number of carbonyl (C=O) groups is 2. The lowest BCUT2D eigenvalue weighted by molar-refractivity contribution is -0.130. The highest BCUT2D eigenvalue weighted by Crippen LogP contribution is 2.29. The molecule has 3 atom stereocenters. The van der Waals surface area contributed by atoms with Crippen molar-refractivity contribution in [1.82, 2.24) is 5.32 Å². The van der Waals surface area contributed by atoms with Crippen LogP contribution < -0.4 is 14.8 Å². The number of ether oxygens (including phenoxy) is 3. The van der Waals surface area contributed by atoms with E-state index in [0.717, 1.165) is 19.3 Å². The number of hydrogen-bond acceptors (Lipinski definition) is 5. The van der Waals surface area contributed by atoms with E-state index in [9.17, 15) is 9.59 Å². The minimum absolute atomic E-state index is 0.142. The predicted octanol–water partition coefficient (Wildman–Crippen LogP) is 2.94. The second-order valence-corrected chi connectivity index (χ2v) is 6.46. The quantitative estimate of drug-likeness (QED) is 0.799. The van der Waals surface area contributed by atoms with E-state index in [-0.39, 0.29) is 17.5 Å². The zero-order valence-corrected chi connectivity index (χ0v) is 15.3. The summed E-state index contributed by atoms with van der Waals surface area (Å²) in [5, 5.41) is 3.00. The van der Waals surface area contributed by atoms with Crippen molar-refractivity contribution in [3.8, 4) is 11.5 Å². The van der Waals surface area contributed by atoms with Crippen LogP contribution in [0.2, 0.25) is 0 Å². The summed E-state index contributed by atoms with van der Waals surface area (Å²) >= 11 is 0. The molecule has 1 N–H and O–H groups in total. The fourth-order valence-corrected chi connectivity index (χ4v) is 3.16. The Morgan fingerprint density at radius 3 is 2.28 bits per heavy atom. The smallest absolute Gasteiger partial charge is 0.346 e. The molecule has 138 valence electrons. The van der Waals surface area contributed by atoms with E-state index < -0.39 is 12.1 Å². The molecule has 1 aliphatic carbocycles. The molecular weight excluding hydrogens is 322 g/mol. The second kappa shape index (κ2) is 8.74. The Bertz CT molecular complexity index is 594. The maximum atomic E-state index is 12.5. The van der Waals surface area contributed by atoms with Gasteiger partial charge in [-0.05, 0) is 37.8 Å². The molecule has 0 radical (unpaired) electrons. The summed E-state index contributed by atoms with van der Waals surface area (Å²) in [5.74, 6) is 0.209. The minimum Gasteiger partial charge on any atom is -0.496 e. The molecule has 25 heavy (non-hydrogen) atoms. The van der Waals surface area contributed by atoms with E-state index >= 15 is 0 Å². The van der Waals surface area contributed by atoms with Crippen LogP contribution in [0.15, 0.2) is 18.2 Å². The molecule has 1 amide bonds. The largest absolute Gasteiger partial charge is 0.496 e. The van der Waals surface area contributed by atoms with Crippen molar-refractivity contribution in [3.63, 3.8) is 0 Å². The molecule has 0 aliphatic heterocycles. The summed E-state index contributed by atoms with van der Waals surface area (Å²) in [5.41, 5.74) is 0.179. The van der Waals surface area contributed by atoms with Crippen molar-refractivity contribution >= 4 is 11.9 Å². The topological polar surface area (TPSA) is 73.9 Å². The first-order valence-corrected chi connectivity index (χ1v) is 8.70. The van der Waals surface area contributed by atoms with Crippen LogP contribution in [-0.2, 0) is 9.53 Å². The van der Waals surface area contributed by atoms with E-state index in [1.165, 1.54) is 20.6 Å². The summed E-state index contributed by atoms with van der Waals surface area (Å²) in [7, 11) is 2.93. The van der Waals surface area contributed by atoms with Crippen LogP contribution in [0.5, 0.6) is 11.5 Å². The van der Waals surface area contributed by atoms with Crippen molar-refractivity contribution in [1.29, 1.82) is 0 Å². The van der Waals surface area contributed by atoms with Crippen LogP contribution in [0, 0.1) is 5.92 Å². The van der Waals surface area contributed by atoms with E-state index in [1.54, 1.807) is 25.1 Å². The average molecular weight is 349 g/mol. The first-order chi connectivity index (χ1) is 12.0. The van der Waals surface area contributed by atoms with Crippen LogP contribution in [-0.4, -0.2) is 38.2 Å². The van der Waals surface area contributed by atoms with E-state index in [2.05, 4.69) is 12.2 Å². The van der Waals surface area contributed by atoms with Crippen molar-refractivity contribution in [2.75, 3.05) is 14.2 Å². The maximum absolute atomic E-state index is 12.5. The number of esters is 1. The first kappa shape index (κ1) is 19.1. The second-order valence-electron chi connectivity index (χ2n) is 6.46. The fraction of sp³-hybridized carbons (Fsp3) is 0.579. The van der Waals surface area contributed by atoms with Crippen molar-refractivity contribution in [2.24, 2.45) is 5.92 Å². The standard InChI is InChI=1S/C19H27NO5/c1-12-8-5-6-9-14(12)20-18(21)13(2)25-19(22)17-15(23-3)10-7-11-16(17)24-4/h7,10-14H,5-6,8-9H2,1-4H3,(H,20,21)/t12-,13+,14+/m0/s1. The van der Waals surface area contributed by atoms with Gasteiger partial charge < -0.3 is 19.5 Å². The van der Waals surface area contributed by atoms with Crippen LogP contribution in [0.3, 0.4) is 0 Å². The minimum atomic E-state index is -0.892. The van der Waals surface area contributed by atoms with Crippen LogP contribution in [0.1, 0.15) is 49.9 Å². The number of rotatable bonds is 6. The van der Waals surface area contributed by atoms with Crippen LogP contribution in [0.25, 0.3) is 0 Å². The zero-order valence-electron chi connectivity index (χ0n) is 15.3. The van der Waals surface area contributed by atoms with Crippen molar-refractivity contribution < 1.29 is 23.8 Å². The van der Waals surface area contributed by atoms with Gasteiger partial charge in [0.05, 0.1) is 14.2 Å². The Hall–Kier alpha value is -2.24. The van der Waals surface area contributed by atoms with Crippen LogP contribution in [0.4, 0.5) is 0 Å². The third kappa shape index (κ3) is 4.65. The number of hydrogen-bond donors (Lipinski definition) is 1. The third-order valence-corrected chi connectivity index (χ3v) is 4.72. The monoisotopic (exact) mass is 349 g/mol. The molecule has 0 spiro atoms. The summed E-state index contributed by atoms with van der Waals surface area (Å²) in [4.78, 5) is 24.9. The normalized spacial score (nSPS) is 21.1. The zero-order chi connectivity index (χ0) is 18.4. The molecule has 0 unspecified atom stereocenters. The number of amides is 1. The molecule has 1 aliphatic rings. The molecule has 1 saturated carbocycles. The number of methoxy groups -OCH3 is 2. The van der Waals surface area contributed by atoms with Gasteiger partial charge in [0.15, 0.2) is 6.10 Å². The molecule has 0 bridgehead atoms.